The van der Waals surface area contributed by atoms with Crippen LogP contribution >= 0.6 is 22.6 Å². The Balaban J connectivity index is 1.82. The van der Waals surface area contributed by atoms with Gasteiger partial charge in [0.25, 0.3) is 0 Å². The van der Waals surface area contributed by atoms with Gasteiger partial charge in [0.15, 0.2) is 0 Å². The summed E-state index contributed by atoms with van der Waals surface area (Å²) in [5, 5.41) is 3.35. The second kappa shape index (κ2) is 4.08. The molecular weight excluding hydrogens is 313 g/mol. The van der Waals surface area contributed by atoms with Crippen LogP contribution in [0.2, 0.25) is 0 Å². The number of rotatable bonds is 3. The van der Waals surface area contributed by atoms with Crippen LogP contribution in [-0.2, 0) is 0 Å². The molecule has 3 rings (SSSR count). The molecule has 1 aliphatic rings. The quantitative estimate of drug-likeness (QED) is 0.875. The number of imidazole rings is 1. The molecule has 0 saturated heterocycles. The van der Waals surface area contributed by atoms with Crippen LogP contribution in [-0.4, -0.2) is 9.55 Å². The van der Waals surface area contributed by atoms with E-state index in [1.54, 1.807) is 0 Å². The van der Waals surface area contributed by atoms with Gasteiger partial charge in [0.1, 0.15) is 0 Å². The highest BCUT2D eigenvalue weighted by molar-refractivity contribution is 14.1. The number of nitrogens with one attached hydrogen (secondary N) is 1. The van der Waals surface area contributed by atoms with Crippen molar-refractivity contribution in [2.75, 3.05) is 5.32 Å². The van der Waals surface area contributed by atoms with E-state index in [1.807, 2.05) is 12.4 Å². The second-order valence-corrected chi connectivity index (χ2v) is 5.27. The summed E-state index contributed by atoms with van der Waals surface area (Å²) >= 11 is 2.31. The minimum atomic E-state index is 0.661. The number of halogens is 1. The van der Waals surface area contributed by atoms with Crippen molar-refractivity contribution in [2.45, 2.75) is 18.9 Å². The Kier molecular flexibility index (Phi) is 2.59. The third-order valence-corrected chi connectivity index (χ3v) is 3.43. The van der Waals surface area contributed by atoms with Gasteiger partial charge in [-0.2, -0.15) is 0 Å². The van der Waals surface area contributed by atoms with Crippen LogP contribution in [0, 0.1) is 3.57 Å². The lowest BCUT2D eigenvalue weighted by Crippen LogP contribution is -2.01. The molecule has 1 aliphatic carbocycles. The fraction of sp³-hybridized carbons (Fsp3) is 0.250. The molecule has 16 heavy (non-hydrogen) atoms. The molecule has 1 N–H and O–H groups in total. The van der Waals surface area contributed by atoms with Crippen LogP contribution in [0.3, 0.4) is 0 Å². The first-order chi connectivity index (χ1) is 7.83. The number of nitrogens with zero attached hydrogens (tertiary/aromatic N) is 2. The van der Waals surface area contributed by atoms with E-state index in [0.717, 1.165) is 11.6 Å². The highest BCUT2D eigenvalue weighted by Crippen LogP contribution is 2.37. The molecule has 0 atom stereocenters. The van der Waals surface area contributed by atoms with E-state index >= 15 is 0 Å². The molecule has 1 saturated carbocycles. The van der Waals surface area contributed by atoms with E-state index in [2.05, 4.69) is 61.7 Å². The van der Waals surface area contributed by atoms with Gasteiger partial charge in [-0.05, 0) is 59.7 Å². The van der Waals surface area contributed by atoms with Gasteiger partial charge in [0.2, 0.25) is 5.95 Å². The molecule has 3 nitrogen and oxygen atoms in total. The Morgan fingerprint density at radius 2 is 2.00 bits per heavy atom. The molecule has 2 aromatic rings. The summed E-state index contributed by atoms with van der Waals surface area (Å²) in [4.78, 5) is 4.35. The number of hydrogen-bond donors (Lipinski definition) is 1. The maximum absolute atomic E-state index is 4.35. The standard InChI is InChI=1S/C12H12IN3/c13-9-1-3-10(4-2-9)15-12-14-7-8-16(12)11-5-6-11/h1-4,7-8,11H,5-6H2,(H,14,15). The zero-order valence-electron chi connectivity index (χ0n) is 8.73. The van der Waals surface area contributed by atoms with Crippen molar-refractivity contribution < 1.29 is 0 Å². The van der Waals surface area contributed by atoms with E-state index in [0.29, 0.717) is 6.04 Å². The normalized spacial score (nSPS) is 15.1. The molecule has 1 aromatic heterocycles. The maximum Gasteiger partial charge on any atom is 0.207 e. The lowest BCUT2D eigenvalue weighted by molar-refractivity contribution is 0.751. The molecule has 0 bridgehead atoms. The van der Waals surface area contributed by atoms with Crippen LogP contribution in [0.5, 0.6) is 0 Å². The second-order valence-electron chi connectivity index (χ2n) is 4.02. The van der Waals surface area contributed by atoms with E-state index in [-0.39, 0.29) is 0 Å². The van der Waals surface area contributed by atoms with Gasteiger partial charge in [-0.3, -0.25) is 0 Å². The van der Waals surface area contributed by atoms with Crippen LogP contribution in [0.1, 0.15) is 18.9 Å². The SMILES string of the molecule is Ic1ccc(Nc2nccn2C2CC2)cc1. The zero-order valence-corrected chi connectivity index (χ0v) is 10.9. The van der Waals surface area contributed by atoms with Crippen LogP contribution in [0.15, 0.2) is 36.7 Å². The molecule has 1 fully saturated rings. The molecule has 1 heterocycles. The molecule has 0 amide bonds. The monoisotopic (exact) mass is 325 g/mol. The lowest BCUT2D eigenvalue weighted by atomic mass is 10.3. The minimum Gasteiger partial charge on any atom is -0.326 e. The summed E-state index contributed by atoms with van der Waals surface area (Å²) in [5.41, 5.74) is 1.09. The Morgan fingerprint density at radius 1 is 1.25 bits per heavy atom. The van der Waals surface area contributed by atoms with Crippen molar-refractivity contribution in [1.82, 2.24) is 9.55 Å². The fourth-order valence-corrected chi connectivity index (χ4v) is 2.08. The largest absolute Gasteiger partial charge is 0.326 e. The van der Waals surface area contributed by atoms with Crippen molar-refractivity contribution in [3.63, 3.8) is 0 Å². The predicted octanol–water partition coefficient (Wildman–Crippen LogP) is 3.57. The molecule has 4 heteroatoms. The number of hydrogen-bond acceptors (Lipinski definition) is 2. The molecule has 1 aromatic carbocycles. The zero-order chi connectivity index (χ0) is 11.0. The Hall–Kier alpha value is -1.04. The predicted molar refractivity (Wildman–Crippen MR) is 72.9 cm³/mol. The molecule has 0 spiro atoms. The van der Waals surface area contributed by atoms with Crippen molar-refractivity contribution in [3.05, 3.63) is 40.2 Å². The fourth-order valence-electron chi connectivity index (χ4n) is 1.72. The Bertz CT molecular complexity index is 485. The molecule has 0 radical (unpaired) electrons. The summed E-state index contributed by atoms with van der Waals surface area (Å²) in [6.07, 6.45) is 6.45. The summed E-state index contributed by atoms with van der Waals surface area (Å²) in [6.45, 7) is 0. The summed E-state index contributed by atoms with van der Waals surface area (Å²) in [5.74, 6) is 0.948. The van der Waals surface area contributed by atoms with Gasteiger partial charge < -0.3 is 9.88 Å². The average Bonchev–Trinajstić information content (AvgIpc) is 3.03. The molecule has 0 unspecified atom stereocenters. The van der Waals surface area contributed by atoms with Gasteiger partial charge >= 0.3 is 0 Å². The summed E-state index contributed by atoms with van der Waals surface area (Å²) in [6, 6.07) is 9.00. The molecular formula is C12H12IN3. The third-order valence-electron chi connectivity index (χ3n) is 2.71. The van der Waals surface area contributed by atoms with Crippen molar-refractivity contribution >= 4 is 34.2 Å². The van der Waals surface area contributed by atoms with Crippen LogP contribution in [0.25, 0.3) is 0 Å². The molecule has 0 aliphatic heterocycles. The van der Waals surface area contributed by atoms with Crippen molar-refractivity contribution in [2.24, 2.45) is 0 Å². The van der Waals surface area contributed by atoms with Crippen molar-refractivity contribution in [3.8, 4) is 0 Å². The minimum absolute atomic E-state index is 0.661. The highest BCUT2D eigenvalue weighted by atomic mass is 127. The third kappa shape index (κ3) is 2.07. The van der Waals surface area contributed by atoms with Gasteiger partial charge in [0, 0.05) is 27.7 Å². The van der Waals surface area contributed by atoms with Gasteiger partial charge in [0.05, 0.1) is 0 Å². The summed E-state index contributed by atoms with van der Waals surface area (Å²) < 4.78 is 3.46. The average molecular weight is 325 g/mol. The maximum atomic E-state index is 4.35. The number of aromatic nitrogens is 2. The van der Waals surface area contributed by atoms with E-state index < -0.39 is 0 Å². The van der Waals surface area contributed by atoms with Gasteiger partial charge in [-0.25, -0.2) is 4.98 Å². The van der Waals surface area contributed by atoms with E-state index in [9.17, 15) is 0 Å². The van der Waals surface area contributed by atoms with Gasteiger partial charge in [-0.15, -0.1) is 0 Å². The first kappa shape index (κ1) is 10.1. The lowest BCUT2D eigenvalue weighted by Gasteiger charge is -2.08. The smallest absolute Gasteiger partial charge is 0.207 e. The Labute approximate surface area is 108 Å². The number of benzene rings is 1. The van der Waals surface area contributed by atoms with Crippen molar-refractivity contribution in [1.29, 1.82) is 0 Å². The first-order valence-electron chi connectivity index (χ1n) is 5.38. The first-order valence-corrected chi connectivity index (χ1v) is 6.46. The van der Waals surface area contributed by atoms with E-state index in [1.165, 1.54) is 16.4 Å². The van der Waals surface area contributed by atoms with E-state index in [4.69, 9.17) is 0 Å². The number of anilines is 2. The molecule has 82 valence electrons. The van der Waals surface area contributed by atoms with Crippen LogP contribution < -0.4 is 5.32 Å². The Morgan fingerprint density at radius 3 is 2.69 bits per heavy atom. The highest BCUT2D eigenvalue weighted by Gasteiger charge is 2.25. The summed E-state index contributed by atoms with van der Waals surface area (Å²) in [7, 11) is 0. The van der Waals surface area contributed by atoms with Crippen LogP contribution in [0.4, 0.5) is 11.6 Å². The topological polar surface area (TPSA) is 29.9 Å². The van der Waals surface area contributed by atoms with Gasteiger partial charge in [-0.1, -0.05) is 0 Å².